The van der Waals surface area contributed by atoms with Crippen LogP contribution in [0.25, 0.3) is 0 Å². The van der Waals surface area contributed by atoms with E-state index in [4.69, 9.17) is 4.74 Å². The Balaban J connectivity index is 4.11. The average molecular weight is 453 g/mol. The molecule has 192 valence electrons. The van der Waals surface area contributed by atoms with Crippen LogP contribution in [-0.2, 0) is 9.53 Å². The van der Waals surface area contributed by atoms with Crippen molar-refractivity contribution in [3.8, 4) is 0 Å². The van der Waals surface area contributed by atoms with Crippen molar-refractivity contribution >= 4 is 5.97 Å². The molecule has 32 heavy (non-hydrogen) atoms. The second-order valence-corrected chi connectivity index (χ2v) is 10.6. The highest BCUT2D eigenvalue weighted by Crippen LogP contribution is 2.33. The van der Waals surface area contributed by atoms with Gasteiger partial charge in [0.1, 0.15) is 0 Å². The summed E-state index contributed by atoms with van der Waals surface area (Å²) in [6.07, 6.45) is 29.2. The molecule has 2 nitrogen and oxygen atoms in total. The monoisotopic (exact) mass is 452 g/mol. The molecule has 0 rings (SSSR count). The number of carbonyl (C=O) groups excluding carboxylic acids is 1. The minimum absolute atomic E-state index is 0.0795. The Morgan fingerprint density at radius 3 is 1.22 bits per heavy atom. The summed E-state index contributed by atoms with van der Waals surface area (Å²) in [5.41, 5.74) is -0.269. The Hall–Kier alpha value is -0.530. The Morgan fingerprint density at radius 2 is 0.812 bits per heavy atom. The quantitative estimate of drug-likeness (QED) is 0.102. The first-order valence-corrected chi connectivity index (χ1v) is 14.8. The summed E-state index contributed by atoms with van der Waals surface area (Å²) in [5.74, 6) is 0.0795. The Bertz CT molecular complexity index is 392. The zero-order chi connectivity index (χ0) is 23.8. The number of carbonyl (C=O) groups is 1. The molecule has 0 aromatic rings. The molecule has 0 aliphatic rings. The molecule has 0 saturated carbocycles. The van der Waals surface area contributed by atoms with E-state index in [2.05, 4.69) is 27.7 Å². The number of rotatable bonds is 25. The minimum atomic E-state index is -0.269. The molecule has 0 aliphatic carbocycles. The molecule has 0 aromatic heterocycles. The van der Waals surface area contributed by atoms with E-state index in [0.717, 1.165) is 25.7 Å². The van der Waals surface area contributed by atoms with Gasteiger partial charge in [0.15, 0.2) is 0 Å². The smallest absolute Gasteiger partial charge is 0.311 e. The van der Waals surface area contributed by atoms with Crippen molar-refractivity contribution in [2.45, 2.75) is 175 Å². The van der Waals surface area contributed by atoms with Crippen molar-refractivity contribution in [1.29, 1.82) is 0 Å². The van der Waals surface area contributed by atoms with Crippen LogP contribution in [0.1, 0.15) is 175 Å². The van der Waals surface area contributed by atoms with E-state index >= 15 is 0 Å². The summed E-state index contributed by atoms with van der Waals surface area (Å²) < 4.78 is 5.80. The van der Waals surface area contributed by atoms with Crippen LogP contribution < -0.4 is 0 Å². The lowest BCUT2D eigenvalue weighted by atomic mass is 9.79. The van der Waals surface area contributed by atoms with Gasteiger partial charge in [0, 0.05) is 0 Å². The molecule has 0 radical (unpaired) electrons. The predicted molar refractivity (Wildman–Crippen MR) is 142 cm³/mol. The fourth-order valence-electron chi connectivity index (χ4n) is 4.67. The fourth-order valence-corrected chi connectivity index (χ4v) is 4.67. The van der Waals surface area contributed by atoms with Gasteiger partial charge < -0.3 is 4.74 Å². The first kappa shape index (κ1) is 31.5. The lowest BCUT2D eigenvalue weighted by Gasteiger charge is -2.27. The molecule has 0 aliphatic heterocycles. The number of hydrogen-bond donors (Lipinski definition) is 0. The van der Waals surface area contributed by atoms with Crippen LogP contribution in [0.15, 0.2) is 0 Å². The number of hydrogen-bond acceptors (Lipinski definition) is 2. The molecule has 0 aromatic carbocycles. The summed E-state index contributed by atoms with van der Waals surface area (Å²) in [4.78, 5) is 13.0. The molecular weight excluding hydrogens is 392 g/mol. The largest absolute Gasteiger partial charge is 0.465 e. The lowest BCUT2D eigenvalue weighted by Crippen LogP contribution is -2.30. The minimum Gasteiger partial charge on any atom is -0.465 e. The van der Waals surface area contributed by atoms with Crippen molar-refractivity contribution < 1.29 is 9.53 Å². The molecule has 1 unspecified atom stereocenters. The molecule has 2 heteroatoms. The summed E-state index contributed by atoms with van der Waals surface area (Å²) in [6.45, 7) is 9.59. The van der Waals surface area contributed by atoms with Crippen LogP contribution >= 0.6 is 0 Å². The predicted octanol–water partition coefficient (Wildman–Crippen LogP) is 10.6. The number of esters is 1. The lowest BCUT2D eigenvalue weighted by molar-refractivity contribution is -0.156. The molecule has 0 saturated heterocycles. The van der Waals surface area contributed by atoms with Crippen LogP contribution in [-0.4, -0.2) is 12.6 Å². The van der Waals surface area contributed by atoms with Gasteiger partial charge in [-0.25, -0.2) is 0 Å². The Labute approximate surface area is 203 Å². The van der Waals surface area contributed by atoms with Crippen LogP contribution in [0.5, 0.6) is 0 Å². The van der Waals surface area contributed by atoms with Crippen LogP contribution in [0, 0.1) is 5.41 Å². The highest BCUT2D eigenvalue weighted by atomic mass is 16.5. The maximum Gasteiger partial charge on any atom is 0.311 e. The summed E-state index contributed by atoms with van der Waals surface area (Å²) >= 11 is 0. The molecular formula is C30H60O2. The van der Waals surface area contributed by atoms with Crippen molar-refractivity contribution in [3.05, 3.63) is 0 Å². The van der Waals surface area contributed by atoms with Crippen molar-refractivity contribution in [2.75, 3.05) is 6.61 Å². The molecule has 1 atom stereocenters. The van der Waals surface area contributed by atoms with Crippen LogP contribution in [0.2, 0.25) is 0 Å². The van der Waals surface area contributed by atoms with E-state index < -0.39 is 0 Å². The molecule has 0 N–H and O–H groups in total. The second kappa shape index (κ2) is 23.6. The van der Waals surface area contributed by atoms with Gasteiger partial charge in [0.25, 0.3) is 0 Å². The molecule has 0 fully saturated rings. The van der Waals surface area contributed by atoms with E-state index in [1.165, 1.54) is 122 Å². The van der Waals surface area contributed by atoms with Crippen LogP contribution in [0.3, 0.4) is 0 Å². The third-order valence-corrected chi connectivity index (χ3v) is 7.14. The van der Waals surface area contributed by atoms with Gasteiger partial charge in [-0.3, -0.25) is 4.79 Å². The van der Waals surface area contributed by atoms with Gasteiger partial charge in [0.2, 0.25) is 0 Å². The first-order valence-electron chi connectivity index (χ1n) is 14.8. The molecule has 0 heterocycles. The van der Waals surface area contributed by atoms with Gasteiger partial charge in [0.05, 0.1) is 12.0 Å². The SMILES string of the molecule is CCCCCCCCCCCCC(C)(CCCCCC)C(=O)OCCCCCCCCC. The summed E-state index contributed by atoms with van der Waals surface area (Å²) in [5, 5.41) is 0. The Morgan fingerprint density at radius 1 is 0.500 bits per heavy atom. The van der Waals surface area contributed by atoms with Gasteiger partial charge in [-0.2, -0.15) is 0 Å². The van der Waals surface area contributed by atoms with Crippen molar-refractivity contribution in [3.63, 3.8) is 0 Å². The standard InChI is InChI=1S/C30H60O2/c1-5-8-11-14-16-17-18-19-21-24-27-30(4,26-23-13-10-7-3)29(31)32-28-25-22-20-15-12-9-6-2/h5-28H2,1-4H3. The topological polar surface area (TPSA) is 26.3 Å². The van der Waals surface area contributed by atoms with Gasteiger partial charge in [-0.15, -0.1) is 0 Å². The zero-order valence-electron chi connectivity index (χ0n) is 22.8. The van der Waals surface area contributed by atoms with E-state index in [0.29, 0.717) is 6.61 Å². The summed E-state index contributed by atoms with van der Waals surface area (Å²) in [6, 6.07) is 0. The Kier molecular flexibility index (Phi) is 23.2. The van der Waals surface area contributed by atoms with Crippen molar-refractivity contribution in [2.24, 2.45) is 5.41 Å². The van der Waals surface area contributed by atoms with E-state index in [-0.39, 0.29) is 11.4 Å². The maximum atomic E-state index is 13.0. The number of unbranched alkanes of at least 4 members (excludes halogenated alkanes) is 18. The second-order valence-electron chi connectivity index (χ2n) is 10.6. The van der Waals surface area contributed by atoms with Crippen LogP contribution in [0.4, 0.5) is 0 Å². The molecule has 0 amide bonds. The zero-order valence-corrected chi connectivity index (χ0v) is 22.8. The third kappa shape index (κ3) is 19.0. The average Bonchev–Trinajstić information content (AvgIpc) is 2.79. The highest BCUT2D eigenvalue weighted by Gasteiger charge is 2.33. The van der Waals surface area contributed by atoms with E-state index in [1.54, 1.807) is 0 Å². The normalized spacial score (nSPS) is 13.2. The third-order valence-electron chi connectivity index (χ3n) is 7.14. The summed E-state index contributed by atoms with van der Waals surface area (Å²) in [7, 11) is 0. The highest BCUT2D eigenvalue weighted by molar-refractivity contribution is 5.76. The molecule has 0 bridgehead atoms. The molecule has 0 spiro atoms. The van der Waals surface area contributed by atoms with Crippen molar-refractivity contribution in [1.82, 2.24) is 0 Å². The van der Waals surface area contributed by atoms with Gasteiger partial charge in [-0.1, -0.05) is 149 Å². The van der Waals surface area contributed by atoms with Gasteiger partial charge in [-0.05, 0) is 26.2 Å². The van der Waals surface area contributed by atoms with E-state index in [9.17, 15) is 4.79 Å². The van der Waals surface area contributed by atoms with E-state index in [1.807, 2.05) is 0 Å². The fraction of sp³-hybridized carbons (Fsp3) is 0.967. The first-order chi connectivity index (χ1) is 15.6. The maximum absolute atomic E-state index is 13.0. The number of ether oxygens (including phenoxy) is 1. The van der Waals surface area contributed by atoms with Gasteiger partial charge >= 0.3 is 5.97 Å².